The number of anilines is 2. The van der Waals surface area contributed by atoms with Crippen LogP contribution in [-0.4, -0.2) is 24.2 Å². The predicted molar refractivity (Wildman–Crippen MR) is 109 cm³/mol. The summed E-state index contributed by atoms with van der Waals surface area (Å²) in [4.78, 5) is 8.05. The van der Waals surface area contributed by atoms with Crippen LogP contribution in [0.15, 0.2) is 48.7 Å². The third-order valence-electron chi connectivity index (χ3n) is 4.13. The van der Waals surface area contributed by atoms with Crippen LogP contribution >= 0.6 is 0 Å². The number of rotatable bonds is 6. The summed E-state index contributed by atoms with van der Waals surface area (Å²) < 4.78 is 11.1. The molecule has 138 valence electrons. The molecule has 0 unspecified atom stereocenters. The molecule has 0 saturated carbocycles. The minimum absolute atomic E-state index is 0.162. The molecule has 0 saturated heterocycles. The van der Waals surface area contributed by atoms with Crippen molar-refractivity contribution in [1.82, 2.24) is 9.97 Å². The van der Waals surface area contributed by atoms with Crippen LogP contribution in [0.3, 0.4) is 0 Å². The zero-order chi connectivity index (χ0) is 19.2. The molecule has 0 aliphatic heterocycles. The van der Waals surface area contributed by atoms with Gasteiger partial charge < -0.3 is 20.9 Å². The molecule has 0 aliphatic carbocycles. The average Bonchev–Trinajstić information content (AvgIpc) is 2.68. The monoisotopic (exact) mass is 362 g/mol. The maximum Gasteiger partial charge on any atom is 0.221 e. The van der Waals surface area contributed by atoms with Gasteiger partial charge in [-0.2, -0.15) is 4.98 Å². The van der Waals surface area contributed by atoms with Crippen LogP contribution < -0.4 is 20.9 Å². The van der Waals surface area contributed by atoms with Crippen LogP contribution in [0.25, 0.3) is 12.2 Å². The summed E-state index contributed by atoms with van der Waals surface area (Å²) in [6.45, 7) is 0. The molecule has 6 heteroatoms. The number of aromatic nitrogens is 2. The Bertz CT molecular complexity index is 956. The Morgan fingerprint density at radius 3 is 2.44 bits per heavy atom. The molecule has 1 heterocycles. The van der Waals surface area contributed by atoms with Crippen LogP contribution in [0.5, 0.6) is 11.5 Å². The first-order valence-corrected chi connectivity index (χ1v) is 8.45. The molecule has 0 aliphatic rings. The van der Waals surface area contributed by atoms with E-state index in [1.807, 2.05) is 54.6 Å². The number of nitrogens with zero attached hydrogens (tertiary/aromatic N) is 2. The van der Waals surface area contributed by atoms with E-state index in [2.05, 4.69) is 9.97 Å². The highest BCUT2D eigenvalue weighted by atomic mass is 16.5. The van der Waals surface area contributed by atoms with Crippen molar-refractivity contribution in [3.63, 3.8) is 0 Å². The van der Waals surface area contributed by atoms with Crippen molar-refractivity contribution in [2.75, 3.05) is 25.7 Å². The van der Waals surface area contributed by atoms with Crippen molar-refractivity contribution in [2.24, 2.45) is 0 Å². The lowest BCUT2D eigenvalue weighted by molar-refractivity contribution is 0.354. The lowest BCUT2D eigenvalue weighted by atomic mass is 10.0. The summed E-state index contributed by atoms with van der Waals surface area (Å²) in [7, 11) is 3.25. The van der Waals surface area contributed by atoms with Gasteiger partial charge in [-0.3, -0.25) is 0 Å². The third-order valence-corrected chi connectivity index (χ3v) is 4.13. The zero-order valence-corrected chi connectivity index (χ0v) is 15.3. The van der Waals surface area contributed by atoms with Crippen molar-refractivity contribution in [3.05, 3.63) is 70.9 Å². The topological polar surface area (TPSA) is 96.3 Å². The molecule has 0 bridgehead atoms. The molecule has 2 aromatic carbocycles. The highest BCUT2D eigenvalue weighted by Gasteiger charge is 2.12. The van der Waals surface area contributed by atoms with E-state index in [4.69, 9.17) is 20.9 Å². The standard InChI is InChI=1S/C21H22N4O2/c1-26-18-12-15(11-17-13-24-21(23)25-20(17)22)10-16(19(18)27-2)9-8-14-6-4-3-5-7-14/h3-10,12-13H,11H2,1-2H3,(H4,22,23,24,25). The second kappa shape index (κ2) is 8.23. The van der Waals surface area contributed by atoms with Crippen molar-refractivity contribution < 1.29 is 9.47 Å². The summed E-state index contributed by atoms with van der Waals surface area (Å²) >= 11 is 0. The summed E-state index contributed by atoms with van der Waals surface area (Å²) in [6, 6.07) is 14.0. The Labute approximate surface area is 158 Å². The molecule has 6 nitrogen and oxygen atoms in total. The fourth-order valence-corrected chi connectivity index (χ4v) is 2.82. The molecule has 3 rings (SSSR count). The van der Waals surface area contributed by atoms with Gasteiger partial charge in [0, 0.05) is 23.7 Å². The second-order valence-corrected chi connectivity index (χ2v) is 5.98. The number of nitrogens with two attached hydrogens (primary N) is 2. The molecule has 0 fully saturated rings. The molecular weight excluding hydrogens is 340 g/mol. The quantitative estimate of drug-likeness (QED) is 0.652. The highest BCUT2D eigenvalue weighted by Crippen LogP contribution is 2.35. The third kappa shape index (κ3) is 4.36. The molecule has 4 N–H and O–H groups in total. The number of hydrogen-bond acceptors (Lipinski definition) is 6. The van der Waals surface area contributed by atoms with Crippen molar-refractivity contribution in [3.8, 4) is 11.5 Å². The lowest BCUT2D eigenvalue weighted by Crippen LogP contribution is -2.04. The fourth-order valence-electron chi connectivity index (χ4n) is 2.82. The van der Waals surface area contributed by atoms with Gasteiger partial charge in [0.2, 0.25) is 5.95 Å². The summed E-state index contributed by atoms with van der Waals surface area (Å²) in [5.74, 6) is 1.86. The first kappa shape index (κ1) is 18.3. The first-order valence-electron chi connectivity index (χ1n) is 8.45. The zero-order valence-electron chi connectivity index (χ0n) is 15.3. The maximum absolute atomic E-state index is 5.97. The molecule has 1 aromatic heterocycles. The van der Waals surface area contributed by atoms with Gasteiger partial charge in [0.05, 0.1) is 14.2 Å². The molecule has 0 amide bonds. The lowest BCUT2D eigenvalue weighted by Gasteiger charge is -2.14. The Kier molecular flexibility index (Phi) is 5.56. The van der Waals surface area contributed by atoms with Crippen LogP contribution in [0.1, 0.15) is 22.3 Å². The van der Waals surface area contributed by atoms with E-state index < -0.39 is 0 Å². The van der Waals surface area contributed by atoms with E-state index in [0.29, 0.717) is 23.7 Å². The summed E-state index contributed by atoms with van der Waals surface area (Å²) in [5.41, 5.74) is 15.3. The van der Waals surface area contributed by atoms with Gasteiger partial charge in [-0.1, -0.05) is 42.5 Å². The van der Waals surface area contributed by atoms with Crippen LogP contribution in [-0.2, 0) is 6.42 Å². The van der Waals surface area contributed by atoms with Gasteiger partial charge in [0.1, 0.15) is 5.82 Å². The Morgan fingerprint density at radius 2 is 1.78 bits per heavy atom. The predicted octanol–water partition coefficient (Wildman–Crippen LogP) is 3.42. The maximum atomic E-state index is 5.97. The van der Waals surface area contributed by atoms with E-state index in [0.717, 1.165) is 22.3 Å². The van der Waals surface area contributed by atoms with Gasteiger partial charge >= 0.3 is 0 Å². The van der Waals surface area contributed by atoms with Crippen LogP contribution in [0, 0.1) is 0 Å². The van der Waals surface area contributed by atoms with Crippen molar-refractivity contribution >= 4 is 23.9 Å². The van der Waals surface area contributed by atoms with Crippen LogP contribution in [0.4, 0.5) is 11.8 Å². The normalized spacial score (nSPS) is 10.9. The highest BCUT2D eigenvalue weighted by molar-refractivity contribution is 5.75. The molecular formula is C21H22N4O2. The van der Waals surface area contributed by atoms with E-state index in [1.165, 1.54) is 0 Å². The van der Waals surface area contributed by atoms with Gasteiger partial charge in [-0.15, -0.1) is 0 Å². The number of ether oxygens (including phenoxy) is 2. The molecule has 27 heavy (non-hydrogen) atoms. The van der Waals surface area contributed by atoms with Crippen molar-refractivity contribution in [2.45, 2.75) is 6.42 Å². The molecule has 0 spiro atoms. The Morgan fingerprint density at radius 1 is 1.00 bits per heavy atom. The minimum Gasteiger partial charge on any atom is -0.493 e. The number of benzene rings is 2. The SMILES string of the molecule is COc1cc(Cc2cnc(N)nc2N)cc(C=Cc2ccccc2)c1OC. The largest absolute Gasteiger partial charge is 0.493 e. The summed E-state index contributed by atoms with van der Waals surface area (Å²) in [5, 5.41) is 0. The van der Waals surface area contributed by atoms with E-state index in [9.17, 15) is 0 Å². The molecule has 0 atom stereocenters. The van der Waals surface area contributed by atoms with Crippen LogP contribution in [0.2, 0.25) is 0 Å². The Hall–Kier alpha value is -3.54. The smallest absolute Gasteiger partial charge is 0.221 e. The minimum atomic E-state index is 0.162. The molecule has 0 radical (unpaired) electrons. The van der Waals surface area contributed by atoms with Gasteiger partial charge in [0.25, 0.3) is 0 Å². The van der Waals surface area contributed by atoms with Crippen molar-refractivity contribution in [1.29, 1.82) is 0 Å². The second-order valence-electron chi connectivity index (χ2n) is 5.98. The van der Waals surface area contributed by atoms with Gasteiger partial charge in [-0.25, -0.2) is 4.98 Å². The van der Waals surface area contributed by atoms with Gasteiger partial charge in [-0.05, 0) is 23.3 Å². The van der Waals surface area contributed by atoms with E-state index in [-0.39, 0.29) is 5.95 Å². The first-order chi connectivity index (χ1) is 13.1. The van der Waals surface area contributed by atoms with Gasteiger partial charge in [0.15, 0.2) is 11.5 Å². The van der Waals surface area contributed by atoms with E-state index in [1.54, 1.807) is 20.4 Å². The van der Waals surface area contributed by atoms with E-state index >= 15 is 0 Å². The number of methoxy groups -OCH3 is 2. The summed E-state index contributed by atoms with van der Waals surface area (Å²) in [6.07, 6.45) is 6.23. The Balaban J connectivity index is 1.99. The molecule has 3 aromatic rings. The number of nitrogen functional groups attached to an aromatic ring is 2. The average molecular weight is 362 g/mol. The number of hydrogen-bond donors (Lipinski definition) is 2. The fraction of sp³-hybridized carbons (Fsp3) is 0.143.